The minimum atomic E-state index is -1.12. The summed E-state index contributed by atoms with van der Waals surface area (Å²) in [6.45, 7) is 2.73. The highest BCUT2D eigenvalue weighted by Crippen LogP contribution is 2.39. The molecule has 3 aliphatic rings. The third-order valence-electron chi connectivity index (χ3n) is 7.51. The number of primary amides is 1. The lowest BCUT2D eigenvalue weighted by Crippen LogP contribution is -2.50. The number of carbonyl (C=O) groups excluding carboxylic acids is 3. The summed E-state index contributed by atoms with van der Waals surface area (Å²) >= 11 is 0. The third-order valence-corrected chi connectivity index (χ3v) is 7.51. The van der Waals surface area contributed by atoms with Crippen molar-refractivity contribution in [3.05, 3.63) is 35.6 Å². The molecular formula is C25H33FN2O4. The molecule has 32 heavy (non-hydrogen) atoms. The molecule has 2 aliphatic carbocycles. The monoisotopic (exact) mass is 444 g/mol. The summed E-state index contributed by atoms with van der Waals surface area (Å²) in [6, 6.07) is 5.82. The van der Waals surface area contributed by atoms with E-state index < -0.39 is 11.5 Å². The van der Waals surface area contributed by atoms with Crippen molar-refractivity contribution >= 4 is 17.7 Å². The summed E-state index contributed by atoms with van der Waals surface area (Å²) in [5, 5.41) is 0. The van der Waals surface area contributed by atoms with Crippen LogP contribution in [0.5, 0.6) is 0 Å². The largest absolute Gasteiger partial charge is 0.449 e. The van der Waals surface area contributed by atoms with Crippen LogP contribution in [0.1, 0.15) is 68.1 Å². The van der Waals surface area contributed by atoms with Crippen molar-refractivity contribution in [3.8, 4) is 0 Å². The second-order valence-corrected chi connectivity index (χ2v) is 9.77. The van der Waals surface area contributed by atoms with Gasteiger partial charge in [0.05, 0.1) is 5.92 Å². The fourth-order valence-corrected chi connectivity index (χ4v) is 5.06. The highest BCUT2D eigenvalue weighted by Gasteiger charge is 2.46. The Balaban J connectivity index is 1.19. The van der Waals surface area contributed by atoms with E-state index in [1.54, 1.807) is 12.1 Å². The zero-order valence-electron chi connectivity index (χ0n) is 18.6. The Morgan fingerprint density at radius 3 is 2.16 bits per heavy atom. The lowest BCUT2D eigenvalue weighted by molar-refractivity contribution is -0.173. The van der Waals surface area contributed by atoms with Crippen LogP contribution in [0.4, 0.5) is 4.39 Å². The standard InChI is InChI=1S/C25H33FN2O4/c26-21-5-3-18(4-6-21)22(29)19-10-15-28(16-11-19)14-9-17-7-12-25(13-8-17,24(27)31)32-23(30)20-1-2-20/h3-6,17,19-20H,1-2,7-16H2,(H2,27,31). The molecule has 0 spiro atoms. The van der Waals surface area contributed by atoms with E-state index >= 15 is 0 Å². The predicted molar refractivity (Wildman–Crippen MR) is 117 cm³/mol. The average Bonchev–Trinajstić information content (AvgIpc) is 3.65. The zero-order valence-corrected chi connectivity index (χ0v) is 18.6. The molecule has 1 aromatic rings. The molecule has 1 heterocycles. The summed E-state index contributed by atoms with van der Waals surface area (Å²) in [7, 11) is 0. The van der Waals surface area contributed by atoms with Gasteiger partial charge in [-0.1, -0.05) is 0 Å². The van der Waals surface area contributed by atoms with Crippen molar-refractivity contribution in [2.24, 2.45) is 23.5 Å². The number of amides is 1. The number of nitrogens with two attached hydrogens (primary N) is 1. The number of carbonyl (C=O) groups is 3. The number of esters is 1. The fourth-order valence-electron chi connectivity index (χ4n) is 5.06. The first kappa shape index (κ1) is 22.9. The van der Waals surface area contributed by atoms with Crippen molar-refractivity contribution in [2.75, 3.05) is 19.6 Å². The van der Waals surface area contributed by atoms with Crippen LogP contribution in [0, 0.1) is 23.6 Å². The molecule has 2 saturated carbocycles. The van der Waals surface area contributed by atoms with Crippen molar-refractivity contribution in [1.82, 2.24) is 4.90 Å². The normalized spacial score (nSPS) is 27.1. The Hall–Kier alpha value is -2.28. The SMILES string of the molecule is NC(=O)C1(OC(=O)C2CC2)CCC(CCN2CCC(C(=O)c3ccc(F)cc3)CC2)CC1. The molecule has 2 N–H and O–H groups in total. The van der Waals surface area contributed by atoms with Gasteiger partial charge in [0.25, 0.3) is 5.91 Å². The van der Waals surface area contributed by atoms with E-state index in [9.17, 15) is 18.8 Å². The molecule has 3 fully saturated rings. The van der Waals surface area contributed by atoms with Gasteiger partial charge in [-0.25, -0.2) is 4.39 Å². The molecule has 0 bridgehead atoms. The summed E-state index contributed by atoms with van der Waals surface area (Å²) in [6.07, 6.45) is 7.07. The topological polar surface area (TPSA) is 89.7 Å². The number of benzene rings is 1. The smallest absolute Gasteiger partial charge is 0.309 e. The van der Waals surface area contributed by atoms with Gasteiger partial charge >= 0.3 is 5.97 Å². The summed E-state index contributed by atoms with van der Waals surface area (Å²) in [5.74, 6) is -0.543. The van der Waals surface area contributed by atoms with E-state index in [-0.39, 0.29) is 29.4 Å². The Morgan fingerprint density at radius 1 is 0.969 bits per heavy atom. The summed E-state index contributed by atoms with van der Waals surface area (Å²) in [4.78, 5) is 39.2. The van der Waals surface area contributed by atoms with E-state index in [4.69, 9.17) is 10.5 Å². The molecule has 6 nitrogen and oxygen atoms in total. The van der Waals surface area contributed by atoms with Gasteiger partial charge in [0.15, 0.2) is 11.4 Å². The molecule has 1 amide bonds. The highest BCUT2D eigenvalue weighted by atomic mass is 19.1. The number of nitrogens with zero attached hydrogens (tertiary/aromatic N) is 1. The summed E-state index contributed by atoms with van der Waals surface area (Å²) < 4.78 is 18.7. The van der Waals surface area contributed by atoms with E-state index in [0.29, 0.717) is 24.3 Å². The van der Waals surface area contributed by atoms with Crippen LogP contribution in [0.15, 0.2) is 24.3 Å². The van der Waals surface area contributed by atoms with E-state index in [1.807, 2.05) is 0 Å². The minimum absolute atomic E-state index is 0.00345. The Bertz CT molecular complexity index is 836. The zero-order chi connectivity index (χ0) is 22.7. The van der Waals surface area contributed by atoms with Crippen LogP contribution >= 0.6 is 0 Å². The Kier molecular flexibility index (Phi) is 6.93. The molecule has 7 heteroatoms. The number of rotatable bonds is 8. The molecule has 4 rings (SSSR count). The fraction of sp³-hybridized carbons (Fsp3) is 0.640. The van der Waals surface area contributed by atoms with Crippen LogP contribution in [-0.2, 0) is 14.3 Å². The van der Waals surface area contributed by atoms with E-state index in [1.165, 1.54) is 12.1 Å². The van der Waals surface area contributed by atoms with Gasteiger partial charge < -0.3 is 15.4 Å². The van der Waals surface area contributed by atoms with Gasteiger partial charge in [0.2, 0.25) is 0 Å². The van der Waals surface area contributed by atoms with Crippen LogP contribution < -0.4 is 5.73 Å². The molecular weight excluding hydrogens is 411 g/mol. The number of ketones is 1. The number of hydrogen-bond donors (Lipinski definition) is 1. The number of piperidine rings is 1. The number of likely N-dealkylation sites (tertiary alicyclic amines) is 1. The van der Waals surface area contributed by atoms with Gasteiger partial charge in [-0.3, -0.25) is 14.4 Å². The maximum atomic E-state index is 13.1. The second-order valence-electron chi connectivity index (χ2n) is 9.77. The van der Waals surface area contributed by atoms with Gasteiger partial charge in [-0.05, 0) is 108 Å². The van der Waals surface area contributed by atoms with E-state index in [2.05, 4.69) is 4.90 Å². The van der Waals surface area contributed by atoms with Crippen LogP contribution in [0.3, 0.4) is 0 Å². The maximum Gasteiger partial charge on any atom is 0.309 e. The first-order valence-electron chi connectivity index (χ1n) is 11.9. The third kappa shape index (κ3) is 5.37. The number of halogens is 1. The van der Waals surface area contributed by atoms with Gasteiger partial charge in [-0.2, -0.15) is 0 Å². The Morgan fingerprint density at radius 2 is 1.59 bits per heavy atom. The lowest BCUT2D eigenvalue weighted by atomic mass is 9.77. The van der Waals surface area contributed by atoms with Crippen molar-refractivity contribution in [1.29, 1.82) is 0 Å². The predicted octanol–water partition coefficient (Wildman–Crippen LogP) is 3.48. The first-order chi connectivity index (χ1) is 15.4. The molecule has 174 valence electrons. The molecule has 0 radical (unpaired) electrons. The number of Topliss-reactive ketones (excluding diaryl/α,β-unsaturated/α-hetero) is 1. The van der Waals surface area contributed by atoms with Gasteiger partial charge in [-0.15, -0.1) is 0 Å². The van der Waals surface area contributed by atoms with Crippen LogP contribution in [0.2, 0.25) is 0 Å². The van der Waals surface area contributed by atoms with Crippen LogP contribution in [0.25, 0.3) is 0 Å². The number of ether oxygens (including phenoxy) is 1. The average molecular weight is 445 g/mol. The summed E-state index contributed by atoms with van der Waals surface area (Å²) in [5.41, 5.74) is 5.10. The van der Waals surface area contributed by atoms with Gasteiger partial charge in [0.1, 0.15) is 5.82 Å². The quantitative estimate of drug-likeness (QED) is 0.490. The molecule has 1 aliphatic heterocycles. The minimum Gasteiger partial charge on any atom is -0.449 e. The molecule has 1 aromatic carbocycles. The molecule has 0 unspecified atom stereocenters. The molecule has 1 saturated heterocycles. The lowest BCUT2D eigenvalue weighted by Gasteiger charge is -2.38. The van der Waals surface area contributed by atoms with Crippen molar-refractivity contribution < 1.29 is 23.5 Å². The highest BCUT2D eigenvalue weighted by molar-refractivity contribution is 5.97. The van der Waals surface area contributed by atoms with Crippen molar-refractivity contribution in [2.45, 2.75) is 63.4 Å². The van der Waals surface area contributed by atoms with Gasteiger partial charge in [0, 0.05) is 11.5 Å². The van der Waals surface area contributed by atoms with E-state index in [0.717, 1.165) is 64.6 Å². The molecule has 0 aromatic heterocycles. The number of hydrogen-bond acceptors (Lipinski definition) is 5. The second kappa shape index (κ2) is 9.69. The first-order valence-corrected chi connectivity index (χ1v) is 11.9. The maximum absolute atomic E-state index is 13.1. The Labute approximate surface area is 188 Å². The molecule has 0 atom stereocenters. The van der Waals surface area contributed by atoms with Crippen LogP contribution in [-0.4, -0.2) is 47.8 Å². The van der Waals surface area contributed by atoms with Crippen molar-refractivity contribution in [3.63, 3.8) is 0 Å².